The lowest BCUT2D eigenvalue weighted by atomic mass is 10.1. The Morgan fingerprint density at radius 1 is 1.44 bits per heavy atom. The van der Waals surface area contributed by atoms with Crippen LogP contribution in [0.1, 0.15) is 11.7 Å². The number of hydrogen-bond acceptors (Lipinski definition) is 4. The van der Waals surface area contributed by atoms with Gasteiger partial charge in [-0.25, -0.2) is 4.79 Å². The van der Waals surface area contributed by atoms with Crippen molar-refractivity contribution in [3.63, 3.8) is 0 Å². The van der Waals surface area contributed by atoms with Gasteiger partial charge in [0.1, 0.15) is 0 Å². The Morgan fingerprint density at radius 3 is 2.44 bits per heavy atom. The highest BCUT2D eigenvalue weighted by molar-refractivity contribution is 6.32. The fourth-order valence-electron chi connectivity index (χ4n) is 1.20. The van der Waals surface area contributed by atoms with Gasteiger partial charge in [0, 0.05) is 0 Å². The van der Waals surface area contributed by atoms with Crippen LogP contribution in [-0.4, -0.2) is 22.5 Å². The fourth-order valence-corrected chi connectivity index (χ4v) is 1.45. The summed E-state index contributed by atoms with van der Waals surface area (Å²) in [5, 5.41) is 17.5. The van der Waals surface area contributed by atoms with Gasteiger partial charge in [0.25, 0.3) is 0 Å². The van der Waals surface area contributed by atoms with E-state index in [9.17, 15) is 23.1 Å². The van der Waals surface area contributed by atoms with Gasteiger partial charge in [-0.2, -0.15) is 0 Å². The van der Waals surface area contributed by atoms with Gasteiger partial charge in [-0.1, -0.05) is 11.6 Å². The van der Waals surface area contributed by atoms with E-state index in [1.54, 1.807) is 0 Å². The molecule has 9 heteroatoms. The number of anilines is 1. The Balaban J connectivity index is 3.38. The average Bonchev–Trinajstić information content (AvgIpc) is 2.21. The molecule has 0 amide bonds. The maximum Gasteiger partial charge on any atom is 0.573 e. The number of alkyl halides is 3. The average molecular weight is 286 g/mol. The molecular weight excluding hydrogens is 279 g/mol. The van der Waals surface area contributed by atoms with Gasteiger partial charge < -0.3 is 20.7 Å². The number of carbonyl (C=O) groups is 1. The van der Waals surface area contributed by atoms with E-state index in [1.807, 2.05) is 0 Å². The number of carboxylic acids is 1. The molecule has 0 saturated heterocycles. The lowest BCUT2D eigenvalue weighted by Crippen LogP contribution is -2.21. The van der Waals surface area contributed by atoms with E-state index in [-0.39, 0.29) is 0 Å². The third-order valence-corrected chi connectivity index (χ3v) is 2.23. The van der Waals surface area contributed by atoms with Crippen molar-refractivity contribution in [3.8, 4) is 5.75 Å². The molecule has 0 heterocycles. The first-order valence-electron chi connectivity index (χ1n) is 4.38. The molecular formula is C9H7ClF3NO4. The number of carboxylic acid groups (broad SMARTS) is 1. The van der Waals surface area contributed by atoms with Crippen molar-refractivity contribution in [3.05, 3.63) is 22.7 Å². The van der Waals surface area contributed by atoms with Gasteiger partial charge >= 0.3 is 12.3 Å². The highest BCUT2D eigenvalue weighted by Crippen LogP contribution is 2.39. The van der Waals surface area contributed by atoms with E-state index in [0.717, 1.165) is 12.1 Å². The number of aliphatic carboxylic acids is 1. The molecule has 0 bridgehead atoms. The molecule has 1 aromatic carbocycles. The van der Waals surface area contributed by atoms with Gasteiger partial charge in [-0.3, -0.25) is 0 Å². The molecule has 0 spiro atoms. The molecule has 4 N–H and O–H groups in total. The lowest BCUT2D eigenvalue weighted by molar-refractivity contribution is -0.274. The van der Waals surface area contributed by atoms with Crippen molar-refractivity contribution >= 4 is 23.3 Å². The van der Waals surface area contributed by atoms with Crippen LogP contribution in [-0.2, 0) is 4.79 Å². The normalized spacial score (nSPS) is 13.2. The Bertz CT molecular complexity index is 478. The molecule has 0 fully saturated rings. The molecule has 0 aliphatic carbocycles. The number of nitrogens with two attached hydrogens (primary N) is 1. The topological polar surface area (TPSA) is 92.8 Å². The second-order valence-corrected chi connectivity index (χ2v) is 3.58. The number of aliphatic hydroxyl groups is 1. The monoisotopic (exact) mass is 285 g/mol. The van der Waals surface area contributed by atoms with Crippen molar-refractivity contribution in [1.29, 1.82) is 0 Å². The van der Waals surface area contributed by atoms with Crippen molar-refractivity contribution in [1.82, 2.24) is 0 Å². The fraction of sp³-hybridized carbons (Fsp3) is 0.222. The zero-order chi connectivity index (χ0) is 14.1. The minimum absolute atomic E-state index is 0.404. The predicted octanol–water partition coefficient (Wildman–Crippen LogP) is 1.94. The number of halogens is 4. The molecule has 0 radical (unpaired) electrons. The van der Waals surface area contributed by atoms with Crippen molar-refractivity contribution in [2.45, 2.75) is 12.5 Å². The van der Waals surface area contributed by atoms with Crippen LogP contribution in [0.4, 0.5) is 18.9 Å². The van der Waals surface area contributed by atoms with E-state index in [4.69, 9.17) is 22.4 Å². The van der Waals surface area contributed by atoms with Crippen LogP contribution >= 0.6 is 11.6 Å². The summed E-state index contributed by atoms with van der Waals surface area (Å²) < 4.78 is 40.0. The number of nitrogen functional groups attached to an aromatic ring is 1. The van der Waals surface area contributed by atoms with E-state index >= 15 is 0 Å². The van der Waals surface area contributed by atoms with Crippen molar-refractivity contribution in [2.24, 2.45) is 0 Å². The van der Waals surface area contributed by atoms with Gasteiger partial charge in [-0.15, -0.1) is 13.2 Å². The summed E-state index contributed by atoms with van der Waals surface area (Å²) >= 11 is 5.54. The summed E-state index contributed by atoms with van der Waals surface area (Å²) in [5.74, 6) is -2.81. The molecule has 100 valence electrons. The Morgan fingerprint density at radius 2 is 2.00 bits per heavy atom. The molecule has 1 atom stereocenters. The third-order valence-electron chi connectivity index (χ3n) is 1.90. The zero-order valence-corrected chi connectivity index (χ0v) is 9.29. The molecule has 0 aromatic heterocycles. The standard InChI is InChI=1S/C9H7ClF3NO4/c10-3-1-2-4(14)7(18-9(11,12)13)5(3)6(15)8(16)17/h1-2,6,15H,14H2,(H,16,17). The maximum absolute atomic E-state index is 12.1. The molecule has 0 aliphatic rings. The second kappa shape index (κ2) is 4.91. The first-order chi connectivity index (χ1) is 8.13. The van der Waals surface area contributed by atoms with Crippen LogP contribution in [0, 0.1) is 0 Å². The summed E-state index contributed by atoms with van der Waals surface area (Å²) in [7, 11) is 0. The predicted molar refractivity (Wildman–Crippen MR) is 55.1 cm³/mol. The summed E-state index contributed by atoms with van der Waals surface area (Å²) in [6, 6.07) is 2.06. The van der Waals surface area contributed by atoms with Crippen molar-refractivity contribution < 1.29 is 32.9 Å². The summed E-state index contributed by atoms with van der Waals surface area (Å²) in [5.41, 5.74) is 4.01. The number of benzene rings is 1. The van der Waals surface area contributed by atoms with Crippen LogP contribution < -0.4 is 10.5 Å². The summed E-state index contributed by atoms with van der Waals surface area (Å²) in [4.78, 5) is 10.6. The van der Waals surface area contributed by atoms with Crippen LogP contribution in [0.5, 0.6) is 5.75 Å². The molecule has 1 aromatic rings. The minimum atomic E-state index is -5.09. The van der Waals surface area contributed by atoms with Crippen LogP contribution in [0.15, 0.2) is 12.1 Å². The van der Waals surface area contributed by atoms with Crippen LogP contribution in [0.25, 0.3) is 0 Å². The Labute approximate surface area is 104 Å². The van der Waals surface area contributed by atoms with Crippen molar-refractivity contribution in [2.75, 3.05) is 5.73 Å². The first kappa shape index (κ1) is 14.4. The Hall–Kier alpha value is -1.67. The van der Waals surface area contributed by atoms with Gasteiger partial charge in [0.15, 0.2) is 11.9 Å². The smallest absolute Gasteiger partial charge is 0.479 e. The zero-order valence-electron chi connectivity index (χ0n) is 8.53. The molecule has 1 unspecified atom stereocenters. The third kappa shape index (κ3) is 3.17. The van der Waals surface area contributed by atoms with Crippen LogP contribution in [0.3, 0.4) is 0 Å². The van der Waals surface area contributed by atoms with E-state index in [1.165, 1.54) is 0 Å². The molecule has 5 nitrogen and oxygen atoms in total. The van der Waals surface area contributed by atoms with E-state index in [0.29, 0.717) is 0 Å². The quantitative estimate of drug-likeness (QED) is 0.738. The first-order valence-corrected chi connectivity index (χ1v) is 4.75. The number of rotatable bonds is 3. The minimum Gasteiger partial charge on any atom is -0.479 e. The molecule has 18 heavy (non-hydrogen) atoms. The number of ether oxygens (including phenoxy) is 1. The number of hydrogen-bond donors (Lipinski definition) is 3. The highest BCUT2D eigenvalue weighted by atomic mass is 35.5. The van der Waals surface area contributed by atoms with Gasteiger partial charge in [0.05, 0.1) is 16.3 Å². The molecule has 0 aliphatic heterocycles. The largest absolute Gasteiger partial charge is 0.573 e. The second-order valence-electron chi connectivity index (χ2n) is 3.17. The van der Waals surface area contributed by atoms with E-state index in [2.05, 4.69) is 4.74 Å². The lowest BCUT2D eigenvalue weighted by Gasteiger charge is -2.18. The number of aliphatic hydroxyl groups excluding tert-OH is 1. The molecule has 0 saturated carbocycles. The Kier molecular flexibility index (Phi) is 3.92. The summed E-state index contributed by atoms with van der Waals surface area (Å²) in [6.45, 7) is 0. The van der Waals surface area contributed by atoms with E-state index < -0.39 is 40.5 Å². The maximum atomic E-state index is 12.1. The highest BCUT2D eigenvalue weighted by Gasteiger charge is 2.36. The van der Waals surface area contributed by atoms with Crippen LogP contribution in [0.2, 0.25) is 5.02 Å². The van der Waals surface area contributed by atoms with Gasteiger partial charge in [-0.05, 0) is 12.1 Å². The molecule has 1 rings (SSSR count). The van der Waals surface area contributed by atoms with Gasteiger partial charge in [0.2, 0.25) is 0 Å². The SMILES string of the molecule is Nc1ccc(Cl)c(C(O)C(=O)O)c1OC(F)(F)F. The summed E-state index contributed by atoms with van der Waals surface area (Å²) in [6.07, 6.45) is -7.37.